The summed E-state index contributed by atoms with van der Waals surface area (Å²) in [6.45, 7) is 3.47. The molecule has 2 nitrogen and oxygen atoms in total. The molecular weight excluding hydrogens is 150 g/mol. The summed E-state index contributed by atoms with van der Waals surface area (Å²) >= 11 is 0. The Morgan fingerprint density at radius 2 is 2.27 bits per heavy atom. The fourth-order valence-corrected chi connectivity index (χ4v) is 1.33. The molecule has 0 saturated heterocycles. The van der Waals surface area contributed by atoms with Gasteiger partial charge in [0, 0.05) is 12.8 Å². The van der Waals surface area contributed by atoms with Crippen LogP contribution >= 0.6 is 0 Å². The van der Waals surface area contributed by atoms with E-state index in [4.69, 9.17) is 0 Å². The van der Waals surface area contributed by atoms with Crippen LogP contribution in [0.2, 0.25) is 0 Å². The van der Waals surface area contributed by atoms with E-state index in [9.17, 15) is 8.78 Å². The van der Waals surface area contributed by atoms with Gasteiger partial charge in [0.15, 0.2) is 0 Å². The molecule has 0 amide bonds. The highest BCUT2D eigenvalue weighted by Crippen LogP contribution is 2.56. The van der Waals surface area contributed by atoms with Gasteiger partial charge in [-0.25, -0.2) is 8.78 Å². The maximum Gasteiger partial charge on any atom is 0.275 e. The molecule has 0 aromatic carbocycles. The highest BCUT2D eigenvalue weighted by atomic mass is 19.3. The third kappa shape index (κ3) is 0.721. The van der Waals surface area contributed by atoms with E-state index in [-0.39, 0.29) is 6.42 Å². The lowest BCUT2D eigenvalue weighted by molar-refractivity contribution is 0.0837. The molecule has 0 aromatic rings. The fourth-order valence-electron chi connectivity index (χ4n) is 1.33. The van der Waals surface area contributed by atoms with Crippen LogP contribution in [0.15, 0.2) is 17.8 Å². The van der Waals surface area contributed by atoms with Crippen molar-refractivity contribution in [2.45, 2.75) is 24.3 Å². The van der Waals surface area contributed by atoms with Gasteiger partial charge in [0.2, 0.25) is 0 Å². The molecule has 1 N–H and O–H groups in total. The first kappa shape index (κ1) is 6.76. The van der Waals surface area contributed by atoms with Gasteiger partial charge in [0.25, 0.3) is 5.92 Å². The summed E-state index contributed by atoms with van der Waals surface area (Å²) in [6.07, 6.45) is 1.72. The topological polar surface area (TPSA) is 24.4 Å². The van der Waals surface area contributed by atoms with Gasteiger partial charge in [-0.1, -0.05) is 6.58 Å². The number of alkyl halides is 2. The molecule has 11 heavy (non-hydrogen) atoms. The van der Waals surface area contributed by atoms with Gasteiger partial charge in [0.1, 0.15) is 5.54 Å². The predicted octanol–water partition coefficient (Wildman–Crippen LogP) is 1.30. The standard InChI is InChI=1S/C7H8F2N2/c1-2-5-3-6(11-10-5)4-7(6,8)9/h2,11H,1,3-4H2. The molecule has 0 radical (unpaired) electrons. The zero-order chi connectivity index (χ0) is 8.11. The molecule has 0 aromatic heterocycles. The third-order valence-corrected chi connectivity index (χ3v) is 2.23. The van der Waals surface area contributed by atoms with E-state index in [1.54, 1.807) is 0 Å². The minimum atomic E-state index is -2.57. The number of nitrogens with zero attached hydrogens (tertiary/aromatic N) is 1. The Labute approximate surface area is 63.0 Å². The smallest absolute Gasteiger partial charge is 0.275 e. The van der Waals surface area contributed by atoms with Crippen molar-refractivity contribution in [3.8, 4) is 0 Å². The molecule has 2 aliphatic rings. The Hall–Kier alpha value is -0.930. The van der Waals surface area contributed by atoms with E-state index in [0.717, 1.165) is 0 Å². The van der Waals surface area contributed by atoms with E-state index in [0.29, 0.717) is 12.1 Å². The molecule has 4 heteroatoms. The summed E-state index contributed by atoms with van der Waals surface area (Å²) < 4.78 is 25.3. The molecule has 1 fully saturated rings. The molecule has 1 saturated carbocycles. The number of allylic oxidation sites excluding steroid dienone is 1. The summed E-state index contributed by atoms with van der Waals surface area (Å²) in [5.74, 6) is -2.57. The molecule has 1 heterocycles. The van der Waals surface area contributed by atoms with Crippen molar-refractivity contribution in [2.24, 2.45) is 5.10 Å². The van der Waals surface area contributed by atoms with Crippen molar-refractivity contribution in [3.05, 3.63) is 12.7 Å². The van der Waals surface area contributed by atoms with Gasteiger partial charge >= 0.3 is 0 Å². The first-order valence-electron chi connectivity index (χ1n) is 3.44. The molecule has 1 spiro atoms. The minimum absolute atomic E-state index is 0.0964. The zero-order valence-corrected chi connectivity index (χ0v) is 5.90. The second kappa shape index (κ2) is 1.62. The van der Waals surface area contributed by atoms with Gasteiger partial charge in [-0.05, 0) is 6.08 Å². The van der Waals surface area contributed by atoms with Crippen molar-refractivity contribution in [2.75, 3.05) is 0 Å². The van der Waals surface area contributed by atoms with Gasteiger partial charge < -0.3 is 0 Å². The number of hydrogen-bond acceptors (Lipinski definition) is 2. The molecule has 2 rings (SSSR count). The lowest BCUT2D eigenvalue weighted by Gasteiger charge is -2.05. The third-order valence-electron chi connectivity index (χ3n) is 2.23. The molecule has 0 bridgehead atoms. The first-order chi connectivity index (χ1) is 5.10. The van der Waals surface area contributed by atoms with Gasteiger partial charge in [-0.2, -0.15) is 5.10 Å². The Morgan fingerprint density at radius 1 is 1.64 bits per heavy atom. The highest BCUT2D eigenvalue weighted by Gasteiger charge is 2.73. The summed E-state index contributed by atoms with van der Waals surface area (Å²) in [4.78, 5) is 0. The van der Waals surface area contributed by atoms with Crippen molar-refractivity contribution < 1.29 is 8.78 Å². The first-order valence-corrected chi connectivity index (χ1v) is 3.44. The Morgan fingerprint density at radius 3 is 2.55 bits per heavy atom. The summed E-state index contributed by atoms with van der Waals surface area (Å²) in [5, 5.41) is 3.73. The maximum atomic E-state index is 12.6. The zero-order valence-electron chi connectivity index (χ0n) is 5.90. The quantitative estimate of drug-likeness (QED) is 0.611. The van der Waals surface area contributed by atoms with Crippen LogP contribution in [0.1, 0.15) is 12.8 Å². The highest BCUT2D eigenvalue weighted by molar-refractivity contribution is 5.97. The van der Waals surface area contributed by atoms with E-state index in [1.807, 2.05) is 0 Å². The second-order valence-electron chi connectivity index (χ2n) is 3.06. The van der Waals surface area contributed by atoms with Crippen molar-refractivity contribution in [1.29, 1.82) is 0 Å². The molecule has 1 atom stereocenters. The Bertz CT molecular complexity index is 247. The number of halogens is 2. The summed E-state index contributed by atoms with van der Waals surface area (Å²) in [7, 11) is 0. The van der Waals surface area contributed by atoms with Crippen LogP contribution in [0.25, 0.3) is 0 Å². The van der Waals surface area contributed by atoms with Crippen molar-refractivity contribution in [1.82, 2.24) is 5.43 Å². The lowest BCUT2D eigenvalue weighted by atomic mass is 10.1. The number of rotatable bonds is 1. The van der Waals surface area contributed by atoms with Crippen molar-refractivity contribution in [3.63, 3.8) is 0 Å². The Kier molecular flexibility index (Phi) is 0.998. The van der Waals surface area contributed by atoms with E-state index in [2.05, 4.69) is 17.1 Å². The maximum absolute atomic E-state index is 12.6. The summed E-state index contributed by atoms with van der Waals surface area (Å²) in [5.41, 5.74) is 2.05. The molecule has 1 unspecified atom stereocenters. The van der Waals surface area contributed by atoms with Crippen molar-refractivity contribution >= 4 is 5.71 Å². The predicted molar refractivity (Wildman–Crippen MR) is 37.7 cm³/mol. The molecule has 1 aliphatic carbocycles. The SMILES string of the molecule is C=CC1=NNC2(C1)CC2(F)F. The van der Waals surface area contributed by atoms with Gasteiger partial charge in [-0.15, -0.1) is 0 Å². The van der Waals surface area contributed by atoms with Crippen LogP contribution in [-0.4, -0.2) is 17.2 Å². The number of nitrogens with one attached hydrogen (secondary N) is 1. The van der Waals surface area contributed by atoms with Crippen LogP contribution in [0.4, 0.5) is 8.78 Å². The minimum Gasteiger partial charge on any atom is -0.297 e. The monoisotopic (exact) mass is 158 g/mol. The average molecular weight is 158 g/mol. The average Bonchev–Trinajstić information content (AvgIpc) is 2.35. The molecular formula is C7H8F2N2. The second-order valence-corrected chi connectivity index (χ2v) is 3.06. The molecule has 60 valence electrons. The van der Waals surface area contributed by atoms with E-state index < -0.39 is 11.5 Å². The van der Waals surface area contributed by atoms with E-state index >= 15 is 0 Å². The van der Waals surface area contributed by atoms with Crippen LogP contribution < -0.4 is 5.43 Å². The van der Waals surface area contributed by atoms with Crippen LogP contribution in [0.3, 0.4) is 0 Å². The largest absolute Gasteiger partial charge is 0.297 e. The number of hydrazone groups is 1. The lowest BCUT2D eigenvalue weighted by Crippen LogP contribution is -2.28. The number of hydrogen-bond donors (Lipinski definition) is 1. The van der Waals surface area contributed by atoms with Gasteiger partial charge in [-0.3, -0.25) is 5.43 Å². The fraction of sp³-hybridized carbons (Fsp3) is 0.571. The van der Waals surface area contributed by atoms with Crippen LogP contribution in [0.5, 0.6) is 0 Å². The van der Waals surface area contributed by atoms with Crippen LogP contribution in [0, 0.1) is 0 Å². The van der Waals surface area contributed by atoms with E-state index in [1.165, 1.54) is 6.08 Å². The Balaban J connectivity index is 2.12. The normalized spacial score (nSPS) is 38.2. The molecule has 1 aliphatic heterocycles. The van der Waals surface area contributed by atoms with Crippen LogP contribution in [-0.2, 0) is 0 Å². The van der Waals surface area contributed by atoms with Gasteiger partial charge in [0.05, 0.1) is 5.71 Å². The summed E-state index contributed by atoms with van der Waals surface area (Å²) in [6, 6.07) is 0.